The number of hydrogen-bond acceptors (Lipinski definition) is 5. The lowest BCUT2D eigenvalue weighted by atomic mass is 12.0. The second-order valence-corrected chi connectivity index (χ2v) is 7.30. The van der Waals surface area contributed by atoms with Crippen LogP contribution >= 0.6 is 6.80 Å². The van der Waals surface area contributed by atoms with Gasteiger partial charge in [-0.25, -0.2) is 23.5 Å². The van der Waals surface area contributed by atoms with Crippen molar-refractivity contribution in [1.82, 2.24) is 0 Å². The topological polar surface area (TPSA) is 107 Å². The molecule has 0 aromatic heterocycles. The predicted octanol–water partition coefficient (Wildman–Crippen LogP) is -0.978. The third kappa shape index (κ3) is 2.04. The summed E-state index contributed by atoms with van der Waals surface area (Å²) in [6, 6.07) is 0. The summed E-state index contributed by atoms with van der Waals surface area (Å²) in [5.74, 6) is 4.20. The van der Waals surface area contributed by atoms with Gasteiger partial charge in [0.25, 0.3) is 0 Å². The van der Waals surface area contributed by atoms with Gasteiger partial charge in [-0.05, 0) is 0 Å². The summed E-state index contributed by atoms with van der Waals surface area (Å²) in [5, 5.41) is 0. The maximum atomic E-state index is 10.2. The minimum absolute atomic E-state index is 0.556. The molecule has 0 radical (unpaired) electrons. The van der Waals surface area contributed by atoms with Crippen molar-refractivity contribution in [1.29, 1.82) is 0 Å². The summed E-state index contributed by atoms with van der Waals surface area (Å²) in [7, 11) is -4.09. The Bertz CT molecular complexity index is 229. The van der Waals surface area contributed by atoms with Crippen LogP contribution in [0, 0.1) is 0 Å². The van der Waals surface area contributed by atoms with Crippen LogP contribution in [-0.2, 0) is 18.6 Å². The molecule has 0 aliphatic heterocycles. The van der Waals surface area contributed by atoms with Gasteiger partial charge in [0.15, 0.2) is 0 Å². The van der Waals surface area contributed by atoms with Crippen molar-refractivity contribution in [3.8, 4) is 0 Å². The van der Waals surface area contributed by atoms with Crippen LogP contribution in [0.4, 0.5) is 0 Å². The van der Waals surface area contributed by atoms with Crippen LogP contribution in [0.1, 0.15) is 0 Å². The lowest BCUT2D eigenvalue weighted by Crippen LogP contribution is -2.05. The smallest absolute Gasteiger partial charge is 0.312 e. The van der Waals surface area contributed by atoms with Crippen molar-refractivity contribution in [2.45, 2.75) is 0 Å². The average Bonchev–Trinajstić information content (AvgIpc) is 1.64. The Balaban J connectivity index is 4.80. The molecule has 0 aromatic carbocycles. The molecule has 3 N–H and O–H groups in total. The first-order valence-corrected chi connectivity index (χ1v) is 5.80. The second-order valence-electron chi connectivity index (χ2n) is 1.31. The van der Waals surface area contributed by atoms with E-state index in [1.165, 1.54) is 0 Å². The maximum Gasteiger partial charge on any atom is 0.458 e. The SMILES string of the molecule is CS(=O)(=O)P(=O)(O)ON. The molecule has 0 amide bonds. The van der Waals surface area contributed by atoms with Crippen LogP contribution in [0.2, 0.25) is 0 Å². The normalized spacial score (nSPS) is 19.0. The highest BCUT2D eigenvalue weighted by atomic mass is 32.8. The Morgan fingerprint density at radius 2 is 2.00 bits per heavy atom. The fourth-order valence-electron chi connectivity index (χ4n) is 0.0782. The van der Waals surface area contributed by atoms with Crippen molar-refractivity contribution >= 4 is 16.3 Å². The van der Waals surface area contributed by atoms with Gasteiger partial charge < -0.3 is 4.89 Å². The molecule has 9 heavy (non-hydrogen) atoms. The fourth-order valence-corrected chi connectivity index (χ4v) is 0.704. The Morgan fingerprint density at radius 3 is 2.00 bits per heavy atom. The van der Waals surface area contributed by atoms with Gasteiger partial charge in [0.05, 0.1) is 6.26 Å². The van der Waals surface area contributed by atoms with E-state index in [2.05, 4.69) is 10.5 Å². The Hall–Kier alpha value is 0.0600. The van der Waals surface area contributed by atoms with E-state index in [9.17, 15) is 13.0 Å². The van der Waals surface area contributed by atoms with E-state index in [0.29, 0.717) is 6.26 Å². The van der Waals surface area contributed by atoms with Gasteiger partial charge in [-0.3, -0.25) is 0 Å². The Morgan fingerprint density at radius 1 is 1.67 bits per heavy atom. The van der Waals surface area contributed by atoms with Gasteiger partial charge in [0, 0.05) is 0 Å². The third-order valence-electron chi connectivity index (χ3n) is 0.552. The molecule has 0 aliphatic rings. The van der Waals surface area contributed by atoms with Gasteiger partial charge in [-0.2, -0.15) is 0 Å². The summed E-state index contributed by atoms with van der Waals surface area (Å²) in [6.07, 6.45) is 0.556. The van der Waals surface area contributed by atoms with Crippen molar-refractivity contribution in [3.63, 3.8) is 0 Å². The van der Waals surface area contributed by atoms with Crippen LogP contribution in [0.5, 0.6) is 0 Å². The number of rotatable bonds is 2. The molecule has 0 aliphatic carbocycles. The van der Waals surface area contributed by atoms with Crippen molar-refractivity contribution in [2.24, 2.45) is 5.90 Å². The summed E-state index contributed by atoms with van der Waals surface area (Å²) >= 11 is 0. The number of nitrogens with two attached hydrogens (primary N) is 1. The van der Waals surface area contributed by atoms with E-state index in [1.54, 1.807) is 0 Å². The Labute approximate surface area is 51.8 Å². The van der Waals surface area contributed by atoms with Crippen LogP contribution in [0.25, 0.3) is 0 Å². The molecule has 8 heteroatoms. The highest BCUT2D eigenvalue weighted by molar-refractivity contribution is 8.48. The summed E-state index contributed by atoms with van der Waals surface area (Å²) in [5.41, 5.74) is 0. The maximum absolute atomic E-state index is 10.2. The molecule has 56 valence electrons. The minimum Gasteiger partial charge on any atom is -0.312 e. The molecule has 6 nitrogen and oxygen atoms in total. The molecule has 0 bridgehead atoms. The van der Waals surface area contributed by atoms with Gasteiger partial charge in [-0.1, -0.05) is 0 Å². The molecular weight excluding hydrogens is 169 g/mol. The van der Waals surface area contributed by atoms with Crippen molar-refractivity contribution < 1.29 is 22.5 Å². The minimum atomic E-state index is -4.61. The fraction of sp³-hybridized carbons (Fsp3) is 1.00. The highest BCUT2D eigenvalue weighted by Gasteiger charge is 2.32. The van der Waals surface area contributed by atoms with E-state index < -0.39 is 16.3 Å². The molecule has 0 saturated carbocycles. The second kappa shape index (κ2) is 2.36. The van der Waals surface area contributed by atoms with Gasteiger partial charge >= 0.3 is 6.80 Å². The standard InChI is InChI=1S/CH6NO5PS/c1-9(5,6)8(3,4)7-2/h2H2,1H3,(H,3,4). The summed E-state index contributed by atoms with van der Waals surface area (Å²) in [6.45, 7) is -4.61. The van der Waals surface area contributed by atoms with E-state index in [1.807, 2.05) is 0 Å². The molecule has 0 saturated heterocycles. The van der Waals surface area contributed by atoms with E-state index in [4.69, 9.17) is 4.89 Å². The first-order chi connectivity index (χ1) is 3.81. The summed E-state index contributed by atoms with van der Waals surface area (Å²) < 4.78 is 33.9. The molecule has 0 heterocycles. The van der Waals surface area contributed by atoms with Crippen LogP contribution in [0.3, 0.4) is 0 Å². The third-order valence-corrected chi connectivity index (χ3v) is 4.43. The van der Waals surface area contributed by atoms with E-state index >= 15 is 0 Å². The molecule has 0 aromatic rings. The zero-order valence-electron chi connectivity index (χ0n) is 4.51. The molecule has 1 atom stereocenters. The van der Waals surface area contributed by atoms with Crippen molar-refractivity contribution in [3.05, 3.63) is 0 Å². The molecule has 0 rings (SSSR count). The predicted molar refractivity (Wildman–Crippen MR) is 29.9 cm³/mol. The first-order valence-electron chi connectivity index (χ1n) is 1.73. The van der Waals surface area contributed by atoms with Gasteiger partial charge in [0.2, 0.25) is 9.46 Å². The van der Waals surface area contributed by atoms with Crippen LogP contribution in [0.15, 0.2) is 0 Å². The van der Waals surface area contributed by atoms with E-state index in [-0.39, 0.29) is 0 Å². The Kier molecular flexibility index (Phi) is 2.37. The average molecular weight is 175 g/mol. The van der Waals surface area contributed by atoms with Gasteiger partial charge in [-0.15, -0.1) is 0 Å². The zero-order valence-corrected chi connectivity index (χ0v) is 6.22. The first kappa shape index (κ1) is 9.06. The quantitative estimate of drug-likeness (QED) is 0.412. The van der Waals surface area contributed by atoms with Crippen LogP contribution < -0.4 is 5.90 Å². The molecular formula is CH6NO5PS. The largest absolute Gasteiger partial charge is 0.458 e. The highest BCUT2D eigenvalue weighted by Crippen LogP contribution is 2.45. The van der Waals surface area contributed by atoms with Crippen LogP contribution in [-0.4, -0.2) is 19.6 Å². The van der Waals surface area contributed by atoms with E-state index in [0.717, 1.165) is 0 Å². The number of hydrogen-bond donors (Lipinski definition) is 2. The van der Waals surface area contributed by atoms with Crippen molar-refractivity contribution in [2.75, 3.05) is 6.26 Å². The lowest BCUT2D eigenvalue weighted by molar-refractivity contribution is 0.282. The summed E-state index contributed by atoms with van der Waals surface area (Å²) in [4.78, 5) is 8.28. The zero-order chi connectivity index (χ0) is 7.71. The lowest BCUT2D eigenvalue weighted by Gasteiger charge is -2.02. The monoisotopic (exact) mass is 175 g/mol. The molecule has 1 unspecified atom stereocenters. The van der Waals surface area contributed by atoms with Gasteiger partial charge in [0.1, 0.15) is 0 Å². The molecule has 0 fully saturated rings. The molecule has 0 spiro atoms.